The molecule has 0 aliphatic rings. The van der Waals surface area contributed by atoms with Crippen LogP contribution in [0, 0.1) is 0 Å². The van der Waals surface area contributed by atoms with Gasteiger partial charge in [-0.3, -0.25) is 0 Å². The summed E-state index contributed by atoms with van der Waals surface area (Å²) in [5, 5.41) is 0. The Bertz CT molecular complexity index is 208. The van der Waals surface area contributed by atoms with Crippen LogP contribution in [0.25, 0.3) is 0 Å². The predicted molar refractivity (Wildman–Crippen MR) is 86.1 cm³/mol. The van der Waals surface area contributed by atoms with Crippen LogP contribution >= 0.6 is 23.2 Å². The normalized spacial score (nSPS) is 12.1. The number of rotatable bonds is 12. The third-order valence-electron chi connectivity index (χ3n) is 3.05. The highest BCUT2D eigenvalue weighted by Gasteiger charge is 2.30. The van der Waals surface area contributed by atoms with E-state index in [2.05, 4.69) is 19.7 Å². The summed E-state index contributed by atoms with van der Waals surface area (Å²) in [7, 11) is -1.85. The van der Waals surface area contributed by atoms with E-state index in [9.17, 15) is 0 Å². The van der Waals surface area contributed by atoms with Gasteiger partial charge in [0.1, 0.15) is 4.46 Å². The van der Waals surface area contributed by atoms with Gasteiger partial charge in [-0.15, -0.1) is 29.8 Å². The molecule has 0 rings (SSSR count). The first-order chi connectivity index (χ1) is 8.50. The highest BCUT2D eigenvalue weighted by Crippen LogP contribution is 2.20. The molecule has 18 heavy (non-hydrogen) atoms. The summed E-state index contributed by atoms with van der Waals surface area (Å²) < 4.78 is 5.48. The van der Waals surface area contributed by atoms with Gasteiger partial charge in [0.15, 0.2) is 0 Å². The topological polar surface area (TPSA) is 9.23 Å². The third-order valence-corrected chi connectivity index (χ3v) is 8.20. The minimum absolute atomic E-state index is 0.331. The Balaban J connectivity index is 3.24. The lowest BCUT2D eigenvalue weighted by Gasteiger charge is -2.23. The van der Waals surface area contributed by atoms with Crippen LogP contribution in [0.5, 0.6) is 0 Å². The molecule has 0 unspecified atom stereocenters. The number of halogens is 2. The van der Waals surface area contributed by atoms with E-state index in [-0.39, 0.29) is 4.46 Å². The predicted octanol–water partition coefficient (Wildman–Crippen LogP) is 5.86. The molecule has 0 atom stereocenters. The molecule has 0 fully saturated rings. The van der Waals surface area contributed by atoms with Gasteiger partial charge < -0.3 is 4.43 Å². The highest BCUT2D eigenvalue weighted by atomic mass is 35.5. The maximum atomic E-state index is 5.89. The van der Waals surface area contributed by atoms with Crippen LogP contribution in [0.15, 0.2) is 12.7 Å². The Morgan fingerprint density at radius 1 is 1.00 bits per heavy atom. The minimum atomic E-state index is -1.85. The van der Waals surface area contributed by atoms with Gasteiger partial charge in [-0.1, -0.05) is 38.2 Å². The molecule has 0 aliphatic carbocycles. The fourth-order valence-electron chi connectivity index (χ4n) is 1.67. The fraction of sp³-hybridized carbons (Fsp3) is 0.857. The van der Waals surface area contributed by atoms with Gasteiger partial charge in [0.2, 0.25) is 8.32 Å². The zero-order valence-corrected chi connectivity index (χ0v) is 14.4. The molecular formula is C14H28Cl2OSi. The van der Waals surface area contributed by atoms with E-state index in [0.29, 0.717) is 0 Å². The van der Waals surface area contributed by atoms with Crippen molar-refractivity contribution < 1.29 is 4.43 Å². The van der Waals surface area contributed by atoms with Crippen molar-refractivity contribution in [3.05, 3.63) is 12.7 Å². The number of unbranched alkanes of at least 4 members (excludes halogenated alkanes) is 7. The quantitative estimate of drug-likeness (QED) is 0.190. The lowest BCUT2D eigenvalue weighted by molar-refractivity contribution is 0.296. The zero-order chi connectivity index (χ0) is 13.9. The summed E-state index contributed by atoms with van der Waals surface area (Å²) in [6.45, 7) is 8.68. The van der Waals surface area contributed by atoms with Crippen LogP contribution in [0.2, 0.25) is 13.1 Å². The van der Waals surface area contributed by atoms with E-state index >= 15 is 0 Å². The van der Waals surface area contributed by atoms with Crippen LogP contribution in [-0.2, 0) is 4.43 Å². The molecule has 0 spiro atoms. The number of allylic oxidation sites excluding steroid dienone is 1. The van der Waals surface area contributed by atoms with Crippen LogP contribution in [-0.4, -0.2) is 19.4 Å². The molecule has 0 saturated carbocycles. The summed E-state index contributed by atoms with van der Waals surface area (Å²) >= 11 is 11.8. The molecule has 0 aromatic heterocycles. The molecule has 0 aromatic rings. The second-order valence-electron chi connectivity index (χ2n) is 5.30. The molecule has 0 heterocycles. The summed E-state index contributed by atoms with van der Waals surface area (Å²) in [5.74, 6) is 0. The molecule has 0 bridgehead atoms. The first-order valence-electron chi connectivity index (χ1n) is 7.03. The summed E-state index contributed by atoms with van der Waals surface area (Å²) in [5.41, 5.74) is 0. The number of alkyl halides is 2. The van der Waals surface area contributed by atoms with E-state index in [1.165, 1.54) is 38.5 Å². The molecule has 0 aromatic carbocycles. The molecule has 4 heteroatoms. The van der Waals surface area contributed by atoms with Crippen molar-refractivity contribution in [3.63, 3.8) is 0 Å². The lowest BCUT2D eigenvalue weighted by Crippen LogP contribution is -2.38. The molecule has 0 aliphatic heterocycles. The van der Waals surface area contributed by atoms with Crippen LogP contribution < -0.4 is 0 Å². The molecule has 108 valence electrons. The van der Waals surface area contributed by atoms with Gasteiger partial charge in [0.05, 0.1) is 0 Å². The van der Waals surface area contributed by atoms with Crippen molar-refractivity contribution in [2.75, 3.05) is 6.61 Å². The van der Waals surface area contributed by atoms with Gasteiger partial charge in [-0.2, -0.15) is 0 Å². The maximum absolute atomic E-state index is 5.89. The Hall–Kier alpha value is 0.497. The van der Waals surface area contributed by atoms with Crippen molar-refractivity contribution in [2.24, 2.45) is 0 Å². The van der Waals surface area contributed by atoms with Crippen LogP contribution in [0.3, 0.4) is 0 Å². The van der Waals surface area contributed by atoms with Gasteiger partial charge >= 0.3 is 0 Å². The van der Waals surface area contributed by atoms with Crippen molar-refractivity contribution in [1.82, 2.24) is 0 Å². The van der Waals surface area contributed by atoms with E-state index in [0.717, 1.165) is 19.4 Å². The Morgan fingerprint density at radius 2 is 1.50 bits per heavy atom. The van der Waals surface area contributed by atoms with Crippen molar-refractivity contribution >= 4 is 31.5 Å². The lowest BCUT2D eigenvalue weighted by atomic mass is 10.1. The Morgan fingerprint density at radius 3 is 2.00 bits per heavy atom. The second kappa shape index (κ2) is 11.3. The number of hydrogen-bond acceptors (Lipinski definition) is 1. The average molecular weight is 311 g/mol. The first kappa shape index (κ1) is 18.5. The SMILES string of the molecule is C=CCCCCCCCCCO[Si](C)(C)C(Cl)Cl. The van der Waals surface area contributed by atoms with E-state index < -0.39 is 8.32 Å². The van der Waals surface area contributed by atoms with E-state index in [1.54, 1.807) is 0 Å². The van der Waals surface area contributed by atoms with Gasteiger partial charge in [-0.05, 0) is 32.4 Å². The molecule has 0 amide bonds. The van der Waals surface area contributed by atoms with Crippen molar-refractivity contribution in [3.8, 4) is 0 Å². The molecule has 1 nitrogen and oxygen atoms in total. The standard InChI is InChI=1S/C14H28Cl2OSi/c1-4-5-6-7-8-9-10-11-12-13-17-18(2,3)14(15)16/h4,14H,1,5-13H2,2-3H3. The summed E-state index contributed by atoms with van der Waals surface area (Å²) in [6.07, 6.45) is 12.2. The second-order valence-corrected chi connectivity index (χ2v) is 11.2. The maximum Gasteiger partial charge on any atom is 0.220 e. The first-order valence-corrected chi connectivity index (χ1v) is 10.9. The zero-order valence-electron chi connectivity index (χ0n) is 11.9. The summed E-state index contributed by atoms with van der Waals surface area (Å²) in [6, 6.07) is 0. The minimum Gasteiger partial charge on any atom is -0.415 e. The number of hydrogen-bond donors (Lipinski definition) is 0. The van der Waals surface area contributed by atoms with E-state index in [1.807, 2.05) is 6.08 Å². The third kappa shape index (κ3) is 10.4. The Kier molecular flexibility index (Phi) is 11.6. The van der Waals surface area contributed by atoms with Crippen molar-refractivity contribution in [1.29, 1.82) is 0 Å². The van der Waals surface area contributed by atoms with Gasteiger partial charge in [0.25, 0.3) is 0 Å². The smallest absolute Gasteiger partial charge is 0.220 e. The van der Waals surface area contributed by atoms with E-state index in [4.69, 9.17) is 27.6 Å². The average Bonchev–Trinajstić information content (AvgIpc) is 2.31. The van der Waals surface area contributed by atoms with Gasteiger partial charge in [0, 0.05) is 6.61 Å². The van der Waals surface area contributed by atoms with Crippen molar-refractivity contribution in [2.45, 2.75) is 68.9 Å². The molecule has 0 saturated heterocycles. The fourth-order valence-corrected chi connectivity index (χ4v) is 2.85. The monoisotopic (exact) mass is 310 g/mol. The summed E-state index contributed by atoms with van der Waals surface area (Å²) in [4.78, 5) is 0. The molecule has 0 N–H and O–H groups in total. The Labute approximate surface area is 124 Å². The largest absolute Gasteiger partial charge is 0.415 e. The molecule has 0 radical (unpaired) electrons. The molecular weight excluding hydrogens is 283 g/mol. The van der Waals surface area contributed by atoms with Crippen LogP contribution in [0.4, 0.5) is 0 Å². The highest BCUT2D eigenvalue weighted by molar-refractivity contribution is 6.87. The van der Waals surface area contributed by atoms with Crippen LogP contribution in [0.1, 0.15) is 51.4 Å². The van der Waals surface area contributed by atoms with Gasteiger partial charge in [-0.25, -0.2) is 0 Å².